The van der Waals surface area contributed by atoms with Crippen LogP contribution in [0.25, 0.3) is 0 Å². The lowest BCUT2D eigenvalue weighted by Crippen LogP contribution is -2.29. The smallest absolute Gasteiger partial charge is 0.217 e. The van der Waals surface area contributed by atoms with E-state index in [1.165, 1.54) is 6.07 Å². The minimum Gasteiger partial charge on any atom is -0.390 e. The van der Waals surface area contributed by atoms with Gasteiger partial charge in [0.05, 0.1) is 5.60 Å². The number of hydrogen-bond acceptors (Lipinski definition) is 4. The van der Waals surface area contributed by atoms with E-state index in [0.717, 1.165) is 6.33 Å². The standard InChI is InChI=1S/C10H16FN3O/c1-7(5-10(2,3)15)14-9-4-8(11)12-6-13-9/h4,6-7,15H,5H2,1-3H3,(H,12,13,14). The highest BCUT2D eigenvalue weighted by Gasteiger charge is 2.17. The Morgan fingerprint density at radius 2 is 2.20 bits per heavy atom. The lowest BCUT2D eigenvalue weighted by molar-refractivity contribution is 0.0673. The van der Waals surface area contributed by atoms with Crippen molar-refractivity contribution in [3.05, 3.63) is 18.3 Å². The molecule has 0 saturated heterocycles. The first-order valence-electron chi connectivity index (χ1n) is 4.83. The molecule has 0 radical (unpaired) electrons. The van der Waals surface area contributed by atoms with Gasteiger partial charge in [-0.2, -0.15) is 4.39 Å². The fourth-order valence-electron chi connectivity index (χ4n) is 1.47. The Kier molecular flexibility index (Phi) is 3.57. The summed E-state index contributed by atoms with van der Waals surface area (Å²) in [6, 6.07) is 1.24. The molecule has 15 heavy (non-hydrogen) atoms. The van der Waals surface area contributed by atoms with Crippen LogP contribution in [-0.2, 0) is 0 Å². The van der Waals surface area contributed by atoms with Crippen molar-refractivity contribution in [2.45, 2.75) is 38.8 Å². The molecule has 1 aromatic heterocycles. The van der Waals surface area contributed by atoms with E-state index in [1.54, 1.807) is 13.8 Å². The average Bonchev–Trinajstić information content (AvgIpc) is 1.99. The first-order chi connectivity index (χ1) is 6.87. The number of nitrogens with zero attached hydrogens (tertiary/aromatic N) is 2. The van der Waals surface area contributed by atoms with Gasteiger partial charge in [0.1, 0.15) is 12.1 Å². The van der Waals surface area contributed by atoms with Crippen LogP contribution in [0, 0.1) is 5.95 Å². The molecule has 4 nitrogen and oxygen atoms in total. The molecule has 5 heteroatoms. The van der Waals surface area contributed by atoms with Crippen molar-refractivity contribution >= 4 is 5.82 Å². The summed E-state index contributed by atoms with van der Waals surface area (Å²) >= 11 is 0. The van der Waals surface area contributed by atoms with Gasteiger partial charge in [0.25, 0.3) is 0 Å². The van der Waals surface area contributed by atoms with Gasteiger partial charge >= 0.3 is 0 Å². The molecule has 1 rings (SSSR count). The second-order valence-corrected chi connectivity index (χ2v) is 4.29. The Balaban J connectivity index is 2.55. The van der Waals surface area contributed by atoms with Crippen molar-refractivity contribution < 1.29 is 9.50 Å². The summed E-state index contributed by atoms with van der Waals surface area (Å²) in [5, 5.41) is 12.6. The minimum absolute atomic E-state index is 0.0132. The fourth-order valence-corrected chi connectivity index (χ4v) is 1.47. The topological polar surface area (TPSA) is 58.0 Å². The van der Waals surface area contributed by atoms with Crippen molar-refractivity contribution in [1.82, 2.24) is 9.97 Å². The highest BCUT2D eigenvalue weighted by atomic mass is 19.1. The van der Waals surface area contributed by atoms with Crippen LogP contribution in [0.4, 0.5) is 10.2 Å². The van der Waals surface area contributed by atoms with Crippen LogP contribution in [0.5, 0.6) is 0 Å². The van der Waals surface area contributed by atoms with Crippen LogP contribution >= 0.6 is 0 Å². The number of rotatable bonds is 4. The molecule has 1 aromatic rings. The largest absolute Gasteiger partial charge is 0.390 e. The minimum atomic E-state index is -0.752. The van der Waals surface area contributed by atoms with Gasteiger partial charge in [0.15, 0.2) is 0 Å². The first kappa shape index (κ1) is 11.8. The Bertz CT molecular complexity index is 325. The summed E-state index contributed by atoms with van der Waals surface area (Å²) in [6.07, 6.45) is 1.72. The maximum Gasteiger partial charge on any atom is 0.217 e. The van der Waals surface area contributed by atoms with Crippen LogP contribution < -0.4 is 5.32 Å². The second-order valence-electron chi connectivity index (χ2n) is 4.29. The van der Waals surface area contributed by atoms with Gasteiger partial charge in [-0.3, -0.25) is 0 Å². The molecule has 0 aliphatic carbocycles. The zero-order valence-electron chi connectivity index (χ0n) is 9.16. The van der Waals surface area contributed by atoms with Crippen LogP contribution in [-0.4, -0.2) is 26.7 Å². The molecule has 0 aliphatic heterocycles. The molecule has 0 aliphatic rings. The number of hydrogen-bond donors (Lipinski definition) is 2. The number of nitrogens with one attached hydrogen (secondary N) is 1. The normalized spacial score (nSPS) is 13.7. The molecule has 0 fully saturated rings. The predicted octanol–water partition coefficient (Wildman–Crippen LogP) is 1.58. The van der Waals surface area contributed by atoms with E-state index in [9.17, 15) is 9.50 Å². The monoisotopic (exact) mass is 213 g/mol. The third kappa shape index (κ3) is 4.69. The third-order valence-corrected chi connectivity index (χ3v) is 1.83. The molecule has 0 saturated carbocycles. The molecule has 1 atom stereocenters. The molecule has 0 amide bonds. The maximum atomic E-state index is 12.7. The molecule has 0 bridgehead atoms. The molecule has 0 aromatic carbocycles. The molecule has 1 unspecified atom stereocenters. The van der Waals surface area contributed by atoms with Gasteiger partial charge in [0, 0.05) is 12.1 Å². The van der Waals surface area contributed by atoms with Crippen molar-refractivity contribution in [1.29, 1.82) is 0 Å². The fraction of sp³-hybridized carbons (Fsp3) is 0.600. The van der Waals surface area contributed by atoms with Crippen LogP contribution in [0.3, 0.4) is 0 Å². The van der Waals surface area contributed by atoms with Crippen molar-refractivity contribution in [3.8, 4) is 0 Å². The van der Waals surface area contributed by atoms with E-state index in [0.29, 0.717) is 12.2 Å². The van der Waals surface area contributed by atoms with E-state index in [2.05, 4.69) is 15.3 Å². The summed E-state index contributed by atoms with van der Waals surface area (Å²) in [5.41, 5.74) is -0.752. The lowest BCUT2D eigenvalue weighted by atomic mass is 10.0. The molecular weight excluding hydrogens is 197 g/mol. The summed E-state index contributed by atoms with van der Waals surface area (Å²) < 4.78 is 12.7. The SMILES string of the molecule is CC(CC(C)(C)O)Nc1cc(F)ncn1. The Hall–Kier alpha value is -1.23. The Labute approximate surface area is 88.6 Å². The number of aromatic nitrogens is 2. The summed E-state index contributed by atoms with van der Waals surface area (Å²) in [6.45, 7) is 5.36. The number of aliphatic hydroxyl groups is 1. The van der Waals surface area contributed by atoms with E-state index in [1.807, 2.05) is 6.92 Å². The number of anilines is 1. The highest BCUT2D eigenvalue weighted by Crippen LogP contribution is 2.14. The Morgan fingerprint density at radius 3 is 2.73 bits per heavy atom. The van der Waals surface area contributed by atoms with Gasteiger partial charge in [-0.1, -0.05) is 0 Å². The second kappa shape index (κ2) is 4.53. The third-order valence-electron chi connectivity index (χ3n) is 1.83. The van der Waals surface area contributed by atoms with E-state index >= 15 is 0 Å². The van der Waals surface area contributed by atoms with Crippen molar-refractivity contribution in [3.63, 3.8) is 0 Å². The van der Waals surface area contributed by atoms with Gasteiger partial charge in [-0.05, 0) is 27.2 Å². The van der Waals surface area contributed by atoms with E-state index < -0.39 is 11.5 Å². The van der Waals surface area contributed by atoms with Gasteiger partial charge < -0.3 is 10.4 Å². The summed E-state index contributed by atoms with van der Waals surface area (Å²) in [5.74, 6) is -0.137. The molecule has 2 N–H and O–H groups in total. The molecule has 84 valence electrons. The molecular formula is C10H16FN3O. The zero-order valence-corrected chi connectivity index (χ0v) is 9.16. The van der Waals surface area contributed by atoms with Gasteiger partial charge in [0.2, 0.25) is 5.95 Å². The highest BCUT2D eigenvalue weighted by molar-refractivity contribution is 5.33. The first-order valence-corrected chi connectivity index (χ1v) is 4.83. The Morgan fingerprint density at radius 1 is 1.53 bits per heavy atom. The molecule has 1 heterocycles. The lowest BCUT2D eigenvalue weighted by Gasteiger charge is -2.23. The maximum absolute atomic E-state index is 12.7. The molecule has 0 spiro atoms. The number of halogens is 1. The average molecular weight is 213 g/mol. The van der Waals surface area contributed by atoms with Gasteiger partial charge in [-0.15, -0.1) is 0 Å². The van der Waals surface area contributed by atoms with E-state index in [-0.39, 0.29) is 6.04 Å². The van der Waals surface area contributed by atoms with Crippen molar-refractivity contribution in [2.75, 3.05) is 5.32 Å². The summed E-state index contributed by atoms with van der Waals surface area (Å²) in [4.78, 5) is 7.22. The van der Waals surface area contributed by atoms with E-state index in [4.69, 9.17) is 0 Å². The quantitative estimate of drug-likeness (QED) is 0.745. The summed E-state index contributed by atoms with van der Waals surface area (Å²) in [7, 11) is 0. The van der Waals surface area contributed by atoms with Crippen molar-refractivity contribution in [2.24, 2.45) is 0 Å². The van der Waals surface area contributed by atoms with Crippen LogP contribution in [0.15, 0.2) is 12.4 Å². The predicted molar refractivity (Wildman–Crippen MR) is 56.0 cm³/mol. The van der Waals surface area contributed by atoms with Crippen LogP contribution in [0.2, 0.25) is 0 Å². The van der Waals surface area contributed by atoms with Crippen LogP contribution in [0.1, 0.15) is 27.2 Å². The van der Waals surface area contributed by atoms with Gasteiger partial charge in [-0.25, -0.2) is 9.97 Å². The zero-order chi connectivity index (χ0) is 11.5.